The summed E-state index contributed by atoms with van der Waals surface area (Å²) in [6.45, 7) is 2.20. The number of nitrogens with one attached hydrogen (secondary N) is 1. The topological polar surface area (TPSA) is 87.2 Å². The van der Waals surface area contributed by atoms with E-state index in [2.05, 4.69) is 10.1 Å². The number of piperazine rings is 1. The van der Waals surface area contributed by atoms with Crippen molar-refractivity contribution in [3.8, 4) is 11.5 Å². The third-order valence-electron chi connectivity index (χ3n) is 6.44. The van der Waals surface area contributed by atoms with Gasteiger partial charge >= 0.3 is 0 Å². The molecule has 3 aromatic rings. The minimum Gasteiger partial charge on any atom is -0.497 e. The Kier molecular flexibility index (Phi) is 4.65. The van der Waals surface area contributed by atoms with Crippen LogP contribution in [0.15, 0.2) is 47.6 Å². The molecular weight excluding hydrogens is 408 g/mol. The van der Waals surface area contributed by atoms with Gasteiger partial charge in [-0.2, -0.15) is 5.10 Å². The predicted molar refractivity (Wildman–Crippen MR) is 120 cm³/mol. The molecule has 8 nitrogen and oxygen atoms in total. The first-order chi connectivity index (χ1) is 15.5. The van der Waals surface area contributed by atoms with Gasteiger partial charge in [-0.25, -0.2) is 5.01 Å². The van der Waals surface area contributed by atoms with E-state index in [4.69, 9.17) is 9.47 Å². The number of nitrogens with zero attached hydrogens (tertiary/aromatic N) is 3. The van der Waals surface area contributed by atoms with Gasteiger partial charge in [-0.05, 0) is 37.1 Å². The fraction of sp³-hybridized carbons (Fsp3) is 0.292. The highest BCUT2D eigenvalue weighted by atomic mass is 16.5. The standard InChI is InChI=1S/C24H24N4O4/c1-24-22-18(17-6-4-5-7-19(17)26-22)10-11-27(24)21(29)14-28(23(24)30)25-13-15-8-9-16(31-2)12-20(15)32-3/h4-9,12-13,26H,10-11,14H2,1-3H3/b25-13+/t24-/m1/s1. The van der Waals surface area contributed by atoms with Crippen LogP contribution in [-0.2, 0) is 21.5 Å². The third-order valence-corrected chi connectivity index (χ3v) is 6.44. The fourth-order valence-electron chi connectivity index (χ4n) is 4.74. The molecule has 32 heavy (non-hydrogen) atoms. The van der Waals surface area contributed by atoms with Crippen LogP contribution in [-0.4, -0.2) is 60.2 Å². The normalized spacial score (nSPS) is 20.6. The Morgan fingerprint density at radius 3 is 2.72 bits per heavy atom. The summed E-state index contributed by atoms with van der Waals surface area (Å²) in [4.78, 5) is 31.8. The van der Waals surface area contributed by atoms with Crippen LogP contribution >= 0.6 is 0 Å². The van der Waals surface area contributed by atoms with Crippen molar-refractivity contribution in [2.45, 2.75) is 18.9 Å². The van der Waals surface area contributed by atoms with Gasteiger partial charge in [0.1, 0.15) is 18.0 Å². The molecule has 164 valence electrons. The van der Waals surface area contributed by atoms with E-state index in [0.29, 0.717) is 30.0 Å². The number of ether oxygens (including phenoxy) is 2. The van der Waals surface area contributed by atoms with Crippen LogP contribution in [0.5, 0.6) is 11.5 Å². The average molecular weight is 432 g/mol. The van der Waals surface area contributed by atoms with Gasteiger partial charge in [-0.3, -0.25) is 9.59 Å². The summed E-state index contributed by atoms with van der Waals surface area (Å²) in [5.41, 5.74) is 2.36. The van der Waals surface area contributed by atoms with E-state index >= 15 is 0 Å². The molecule has 2 aliphatic rings. The number of fused-ring (bicyclic) bond motifs is 5. The van der Waals surface area contributed by atoms with Gasteiger partial charge in [0.25, 0.3) is 5.91 Å². The fourth-order valence-corrected chi connectivity index (χ4v) is 4.74. The number of rotatable bonds is 4. The third kappa shape index (κ3) is 2.86. The van der Waals surface area contributed by atoms with Crippen LogP contribution in [0.3, 0.4) is 0 Å². The first-order valence-electron chi connectivity index (χ1n) is 10.5. The average Bonchev–Trinajstić information content (AvgIpc) is 3.20. The van der Waals surface area contributed by atoms with Crippen LogP contribution in [0.4, 0.5) is 0 Å². The smallest absolute Gasteiger partial charge is 0.275 e. The summed E-state index contributed by atoms with van der Waals surface area (Å²) in [7, 11) is 3.13. The number of carbonyl (C=O) groups excluding carboxylic acids is 2. The maximum Gasteiger partial charge on any atom is 0.275 e. The molecule has 2 aliphatic heterocycles. The molecule has 0 radical (unpaired) electrons. The lowest BCUT2D eigenvalue weighted by Crippen LogP contribution is -2.65. The lowest BCUT2D eigenvalue weighted by Gasteiger charge is -2.48. The number of para-hydroxylation sites is 1. The molecule has 1 fully saturated rings. The second-order valence-electron chi connectivity index (χ2n) is 8.11. The molecule has 0 unspecified atom stereocenters. The Morgan fingerprint density at radius 2 is 1.94 bits per heavy atom. The number of aromatic nitrogens is 1. The number of hydrogen-bond acceptors (Lipinski definition) is 5. The van der Waals surface area contributed by atoms with Crippen molar-refractivity contribution >= 4 is 28.9 Å². The summed E-state index contributed by atoms with van der Waals surface area (Å²) in [6.07, 6.45) is 2.25. The number of amides is 2. The molecule has 0 bridgehead atoms. The van der Waals surface area contributed by atoms with E-state index in [1.165, 1.54) is 11.2 Å². The van der Waals surface area contributed by atoms with Gasteiger partial charge in [-0.15, -0.1) is 0 Å². The summed E-state index contributed by atoms with van der Waals surface area (Å²) in [6, 6.07) is 13.3. The van der Waals surface area contributed by atoms with Crippen molar-refractivity contribution in [3.63, 3.8) is 0 Å². The highest BCUT2D eigenvalue weighted by molar-refractivity contribution is 6.01. The molecule has 3 heterocycles. The zero-order valence-corrected chi connectivity index (χ0v) is 18.2. The number of hydrogen-bond donors (Lipinski definition) is 1. The summed E-state index contributed by atoms with van der Waals surface area (Å²) >= 11 is 0. The molecule has 0 spiro atoms. The maximum atomic E-state index is 13.7. The van der Waals surface area contributed by atoms with Crippen LogP contribution in [0.1, 0.15) is 23.7 Å². The largest absolute Gasteiger partial charge is 0.497 e. The summed E-state index contributed by atoms with van der Waals surface area (Å²) in [5.74, 6) is 0.843. The van der Waals surface area contributed by atoms with Crippen molar-refractivity contribution in [1.82, 2.24) is 14.9 Å². The van der Waals surface area contributed by atoms with Gasteiger partial charge in [0.05, 0.1) is 26.1 Å². The van der Waals surface area contributed by atoms with Crippen LogP contribution in [0, 0.1) is 0 Å². The van der Waals surface area contributed by atoms with E-state index in [-0.39, 0.29) is 18.4 Å². The maximum absolute atomic E-state index is 13.7. The Hall–Kier alpha value is -3.81. The Morgan fingerprint density at radius 1 is 1.12 bits per heavy atom. The number of hydrazone groups is 1. The van der Waals surface area contributed by atoms with Crippen molar-refractivity contribution in [3.05, 3.63) is 59.3 Å². The van der Waals surface area contributed by atoms with Gasteiger partial charge < -0.3 is 19.4 Å². The highest BCUT2D eigenvalue weighted by Gasteiger charge is 2.54. The molecular formula is C24H24N4O4. The van der Waals surface area contributed by atoms with E-state index in [9.17, 15) is 9.59 Å². The number of carbonyl (C=O) groups is 2. The lowest BCUT2D eigenvalue weighted by molar-refractivity contribution is -0.165. The quantitative estimate of drug-likeness (QED) is 0.642. The molecule has 0 aliphatic carbocycles. The number of benzene rings is 2. The second kappa shape index (κ2) is 7.40. The molecule has 2 aromatic carbocycles. The number of aromatic amines is 1. The van der Waals surface area contributed by atoms with Crippen LogP contribution < -0.4 is 9.47 Å². The SMILES string of the molecule is COc1ccc(/C=N/N2CC(=O)N3CCc4c([nH]c5ccccc45)[C@]3(C)C2=O)c(OC)c1. The minimum absolute atomic E-state index is 0.0983. The zero-order chi connectivity index (χ0) is 22.5. The van der Waals surface area contributed by atoms with E-state index < -0.39 is 5.54 Å². The van der Waals surface area contributed by atoms with Crippen LogP contribution in [0.25, 0.3) is 10.9 Å². The molecule has 5 rings (SSSR count). The second-order valence-corrected chi connectivity index (χ2v) is 8.11. The molecule has 0 saturated carbocycles. The monoisotopic (exact) mass is 432 g/mol. The molecule has 1 aromatic heterocycles. The van der Waals surface area contributed by atoms with E-state index in [0.717, 1.165) is 22.2 Å². The van der Waals surface area contributed by atoms with Gasteiger partial charge in [0, 0.05) is 29.1 Å². The number of methoxy groups -OCH3 is 2. The molecule has 1 saturated heterocycles. The first-order valence-corrected chi connectivity index (χ1v) is 10.5. The zero-order valence-electron chi connectivity index (χ0n) is 18.2. The van der Waals surface area contributed by atoms with Gasteiger partial charge in [-0.1, -0.05) is 18.2 Å². The van der Waals surface area contributed by atoms with E-state index in [1.807, 2.05) is 24.3 Å². The number of H-pyrrole nitrogens is 1. The Bertz CT molecular complexity index is 1260. The Labute approximate surface area is 185 Å². The predicted octanol–water partition coefficient (Wildman–Crippen LogP) is 2.66. The lowest BCUT2D eigenvalue weighted by atomic mass is 9.83. The molecule has 8 heteroatoms. The molecule has 1 atom stereocenters. The summed E-state index contributed by atoms with van der Waals surface area (Å²) < 4.78 is 10.6. The first kappa shape index (κ1) is 20.1. The molecule has 1 N–H and O–H groups in total. The van der Waals surface area contributed by atoms with Crippen molar-refractivity contribution in [1.29, 1.82) is 0 Å². The minimum atomic E-state index is -1.14. The van der Waals surface area contributed by atoms with E-state index in [1.54, 1.807) is 44.2 Å². The Balaban J connectivity index is 1.53. The summed E-state index contributed by atoms with van der Waals surface area (Å²) in [5, 5.41) is 6.73. The van der Waals surface area contributed by atoms with Gasteiger partial charge in [0.15, 0.2) is 5.54 Å². The van der Waals surface area contributed by atoms with Crippen molar-refractivity contribution in [2.75, 3.05) is 27.3 Å². The van der Waals surface area contributed by atoms with Crippen LogP contribution in [0.2, 0.25) is 0 Å². The van der Waals surface area contributed by atoms with Gasteiger partial charge in [0.2, 0.25) is 5.91 Å². The highest BCUT2D eigenvalue weighted by Crippen LogP contribution is 2.42. The molecule has 2 amide bonds. The van der Waals surface area contributed by atoms with Crippen molar-refractivity contribution < 1.29 is 19.1 Å². The van der Waals surface area contributed by atoms with Crippen molar-refractivity contribution in [2.24, 2.45) is 5.10 Å².